The second-order valence-corrected chi connectivity index (χ2v) is 6.01. The van der Waals surface area contributed by atoms with E-state index >= 15 is 0 Å². The Labute approximate surface area is 161 Å². The number of benzene rings is 3. The fourth-order valence-electron chi connectivity index (χ4n) is 2.68. The van der Waals surface area contributed by atoms with Crippen molar-refractivity contribution >= 4 is 28.9 Å². The van der Waals surface area contributed by atoms with Gasteiger partial charge in [-0.25, -0.2) is 0 Å². The summed E-state index contributed by atoms with van der Waals surface area (Å²) in [5.74, 6) is -0.648. The minimum atomic E-state index is -0.512. The van der Waals surface area contributed by atoms with Gasteiger partial charge in [-0.05, 0) is 30.3 Å². The summed E-state index contributed by atoms with van der Waals surface area (Å²) in [5.41, 5.74) is 1.76. The van der Waals surface area contributed by atoms with Crippen LogP contribution in [-0.2, 0) is 11.2 Å². The van der Waals surface area contributed by atoms with Gasteiger partial charge in [0.15, 0.2) is 0 Å². The zero-order chi connectivity index (χ0) is 19.9. The Hall–Kier alpha value is -4.00. The molecule has 0 aliphatic rings. The molecule has 0 aliphatic carbocycles. The predicted molar refractivity (Wildman–Crippen MR) is 106 cm³/mol. The lowest BCUT2D eigenvalue weighted by Gasteiger charge is -2.09. The van der Waals surface area contributed by atoms with Crippen LogP contribution in [0, 0.1) is 10.1 Å². The van der Waals surface area contributed by atoms with Crippen LogP contribution in [0.2, 0.25) is 0 Å². The van der Waals surface area contributed by atoms with Crippen molar-refractivity contribution in [3.05, 3.63) is 100 Å². The summed E-state index contributed by atoms with van der Waals surface area (Å²) in [4.78, 5) is 35.1. The molecule has 0 fully saturated rings. The van der Waals surface area contributed by atoms with E-state index in [9.17, 15) is 19.7 Å². The number of nitro groups is 1. The van der Waals surface area contributed by atoms with Crippen LogP contribution in [0.4, 0.5) is 17.1 Å². The Morgan fingerprint density at radius 3 is 2.18 bits per heavy atom. The highest BCUT2D eigenvalue weighted by atomic mass is 16.6. The fourth-order valence-corrected chi connectivity index (χ4v) is 2.68. The van der Waals surface area contributed by atoms with Crippen LogP contribution < -0.4 is 10.6 Å². The summed E-state index contributed by atoms with van der Waals surface area (Å²) in [6.07, 6.45) is -0.127. The average Bonchev–Trinajstić information content (AvgIpc) is 2.69. The third kappa shape index (κ3) is 4.79. The first-order valence-electron chi connectivity index (χ1n) is 8.51. The fraction of sp³-hybridized carbons (Fsp3) is 0.0476. The van der Waals surface area contributed by atoms with E-state index in [2.05, 4.69) is 10.6 Å². The monoisotopic (exact) mass is 375 g/mol. The first kappa shape index (κ1) is 18.8. The number of anilines is 2. The summed E-state index contributed by atoms with van der Waals surface area (Å²) in [7, 11) is 0. The highest BCUT2D eigenvalue weighted by Gasteiger charge is 2.15. The van der Waals surface area contributed by atoms with E-state index in [4.69, 9.17) is 0 Å². The molecule has 0 heterocycles. The molecular weight excluding hydrogens is 358 g/mol. The molecule has 0 aliphatic heterocycles. The molecule has 28 heavy (non-hydrogen) atoms. The second-order valence-electron chi connectivity index (χ2n) is 6.01. The zero-order valence-corrected chi connectivity index (χ0v) is 14.8. The smallest absolute Gasteiger partial charge is 0.273 e. The molecule has 0 radical (unpaired) electrons. The van der Waals surface area contributed by atoms with Crippen molar-refractivity contribution in [2.45, 2.75) is 6.42 Å². The summed E-state index contributed by atoms with van der Waals surface area (Å²) in [5, 5.41) is 16.5. The molecule has 0 saturated carbocycles. The van der Waals surface area contributed by atoms with Crippen molar-refractivity contribution in [3.63, 3.8) is 0 Å². The Balaban J connectivity index is 1.67. The Morgan fingerprint density at radius 1 is 0.821 bits per heavy atom. The number of hydrogen-bond donors (Lipinski definition) is 2. The third-order valence-electron chi connectivity index (χ3n) is 3.98. The molecule has 0 saturated heterocycles. The largest absolute Gasteiger partial charge is 0.326 e. The number of hydrogen-bond acceptors (Lipinski definition) is 4. The van der Waals surface area contributed by atoms with Gasteiger partial charge in [0.1, 0.15) is 0 Å². The SMILES string of the molecule is O=C(Cc1ccccc1[N+](=O)[O-])Nc1cccc(NC(=O)c2ccccc2)c1. The van der Waals surface area contributed by atoms with Gasteiger partial charge in [0.2, 0.25) is 5.91 Å². The maximum Gasteiger partial charge on any atom is 0.273 e. The molecule has 0 atom stereocenters. The van der Waals surface area contributed by atoms with E-state index in [-0.39, 0.29) is 23.9 Å². The molecule has 0 aromatic heterocycles. The van der Waals surface area contributed by atoms with E-state index < -0.39 is 4.92 Å². The lowest BCUT2D eigenvalue weighted by atomic mass is 10.1. The molecule has 3 rings (SSSR count). The third-order valence-corrected chi connectivity index (χ3v) is 3.98. The molecule has 3 aromatic carbocycles. The van der Waals surface area contributed by atoms with Crippen LogP contribution in [-0.4, -0.2) is 16.7 Å². The molecule has 7 nitrogen and oxygen atoms in total. The van der Waals surface area contributed by atoms with Gasteiger partial charge in [-0.3, -0.25) is 19.7 Å². The Bertz CT molecular complexity index is 1020. The predicted octanol–water partition coefficient (Wildman–Crippen LogP) is 4.03. The minimum Gasteiger partial charge on any atom is -0.326 e. The first-order chi connectivity index (χ1) is 13.5. The Kier molecular flexibility index (Phi) is 5.76. The molecule has 2 amide bonds. The quantitative estimate of drug-likeness (QED) is 0.502. The number of nitrogens with zero attached hydrogens (tertiary/aromatic N) is 1. The van der Waals surface area contributed by atoms with Crippen LogP contribution in [0.3, 0.4) is 0 Å². The summed E-state index contributed by atoms with van der Waals surface area (Å²) >= 11 is 0. The minimum absolute atomic E-state index is 0.0958. The van der Waals surface area contributed by atoms with Crippen molar-refractivity contribution in [2.75, 3.05) is 10.6 Å². The van der Waals surface area contributed by atoms with Gasteiger partial charge in [-0.2, -0.15) is 0 Å². The average molecular weight is 375 g/mol. The van der Waals surface area contributed by atoms with Crippen LogP contribution in [0.5, 0.6) is 0 Å². The standard InChI is InChI=1S/C21H17N3O4/c25-20(13-16-9-4-5-12-19(16)24(27)28)22-17-10-6-11-18(14-17)23-21(26)15-7-2-1-3-8-15/h1-12,14H,13H2,(H,22,25)(H,23,26). The van der Waals surface area contributed by atoms with E-state index in [1.54, 1.807) is 66.7 Å². The topological polar surface area (TPSA) is 101 Å². The molecule has 0 spiro atoms. The number of nitrogens with one attached hydrogen (secondary N) is 2. The molecule has 0 bridgehead atoms. The lowest BCUT2D eigenvalue weighted by Crippen LogP contribution is -2.16. The van der Waals surface area contributed by atoms with Gasteiger partial charge in [0, 0.05) is 28.6 Å². The maximum atomic E-state index is 12.3. The van der Waals surface area contributed by atoms with Gasteiger partial charge in [-0.15, -0.1) is 0 Å². The van der Waals surface area contributed by atoms with Crippen molar-refractivity contribution < 1.29 is 14.5 Å². The van der Waals surface area contributed by atoms with E-state index in [0.29, 0.717) is 22.5 Å². The number of rotatable bonds is 6. The molecule has 140 valence electrons. The van der Waals surface area contributed by atoms with Crippen LogP contribution in [0.1, 0.15) is 15.9 Å². The molecule has 3 aromatic rings. The van der Waals surface area contributed by atoms with Gasteiger partial charge in [-0.1, -0.05) is 42.5 Å². The molecule has 2 N–H and O–H groups in total. The molecule has 7 heteroatoms. The van der Waals surface area contributed by atoms with Crippen molar-refractivity contribution in [2.24, 2.45) is 0 Å². The van der Waals surface area contributed by atoms with Crippen LogP contribution in [0.15, 0.2) is 78.9 Å². The van der Waals surface area contributed by atoms with E-state index in [1.165, 1.54) is 6.07 Å². The summed E-state index contributed by atoms with van der Waals surface area (Å²) in [6.45, 7) is 0. The van der Waals surface area contributed by atoms with Crippen molar-refractivity contribution in [3.8, 4) is 0 Å². The van der Waals surface area contributed by atoms with Gasteiger partial charge in [0.25, 0.3) is 11.6 Å². The van der Waals surface area contributed by atoms with Gasteiger partial charge < -0.3 is 10.6 Å². The molecular formula is C21H17N3O4. The normalized spacial score (nSPS) is 10.1. The molecule has 0 unspecified atom stereocenters. The van der Waals surface area contributed by atoms with Gasteiger partial charge in [0.05, 0.1) is 11.3 Å². The number of nitro benzene ring substituents is 1. The number of para-hydroxylation sites is 1. The second kappa shape index (κ2) is 8.59. The van der Waals surface area contributed by atoms with Crippen molar-refractivity contribution in [1.82, 2.24) is 0 Å². The zero-order valence-electron chi connectivity index (χ0n) is 14.8. The van der Waals surface area contributed by atoms with E-state index in [0.717, 1.165) is 0 Å². The first-order valence-corrected chi connectivity index (χ1v) is 8.51. The number of carbonyl (C=O) groups excluding carboxylic acids is 2. The summed E-state index contributed by atoms with van der Waals surface area (Å²) in [6, 6.07) is 21.6. The van der Waals surface area contributed by atoms with Crippen LogP contribution in [0.25, 0.3) is 0 Å². The summed E-state index contributed by atoms with van der Waals surface area (Å²) < 4.78 is 0. The number of carbonyl (C=O) groups is 2. The van der Waals surface area contributed by atoms with Gasteiger partial charge >= 0.3 is 0 Å². The van der Waals surface area contributed by atoms with Crippen molar-refractivity contribution in [1.29, 1.82) is 0 Å². The maximum absolute atomic E-state index is 12.3. The van der Waals surface area contributed by atoms with E-state index in [1.807, 2.05) is 6.07 Å². The van der Waals surface area contributed by atoms with Crippen LogP contribution >= 0.6 is 0 Å². The Morgan fingerprint density at radius 2 is 1.46 bits per heavy atom. The highest BCUT2D eigenvalue weighted by molar-refractivity contribution is 6.04. The lowest BCUT2D eigenvalue weighted by molar-refractivity contribution is -0.385. The highest BCUT2D eigenvalue weighted by Crippen LogP contribution is 2.20. The number of amides is 2.